The van der Waals surface area contributed by atoms with Crippen molar-refractivity contribution in [3.8, 4) is 0 Å². The molecule has 1 heterocycles. The van der Waals surface area contributed by atoms with Crippen LogP contribution in [0, 0.1) is 11.3 Å². The Hall–Kier alpha value is -0.870. The number of aromatic nitrogens is 2. The third-order valence-electron chi connectivity index (χ3n) is 4.31. The average molecular weight is 236 g/mol. The molecule has 0 aliphatic heterocycles. The summed E-state index contributed by atoms with van der Waals surface area (Å²) in [5.74, 6) is 7.39. The lowest BCUT2D eigenvalue weighted by atomic mass is 9.66. The van der Waals surface area contributed by atoms with Crippen molar-refractivity contribution < 1.29 is 0 Å². The summed E-state index contributed by atoms with van der Waals surface area (Å²) < 4.78 is 2.06. The first kappa shape index (κ1) is 12.6. The number of nitrogens with zero attached hydrogens (tertiary/aromatic N) is 2. The van der Waals surface area contributed by atoms with Gasteiger partial charge in [0.15, 0.2) is 0 Å². The van der Waals surface area contributed by atoms with Gasteiger partial charge in [-0.1, -0.05) is 26.7 Å². The largest absolute Gasteiger partial charge is 0.337 e. The van der Waals surface area contributed by atoms with Crippen LogP contribution in [-0.2, 0) is 7.05 Å². The summed E-state index contributed by atoms with van der Waals surface area (Å²) in [7, 11) is 2.03. The number of nitrogens with one attached hydrogen (secondary N) is 1. The molecule has 0 radical (unpaired) electrons. The summed E-state index contributed by atoms with van der Waals surface area (Å²) in [4.78, 5) is 4.45. The fourth-order valence-electron chi connectivity index (χ4n) is 3.19. The van der Waals surface area contributed by atoms with E-state index in [1.165, 1.54) is 25.7 Å². The fourth-order valence-corrected chi connectivity index (χ4v) is 3.19. The van der Waals surface area contributed by atoms with Crippen LogP contribution in [0.4, 0.5) is 0 Å². The minimum absolute atomic E-state index is 0.158. The molecule has 0 spiro atoms. The van der Waals surface area contributed by atoms with Gasteiger partial charge >= 0.3 is 0 Å². The molecule has 0 bridgehead atoms. The number of hydrazine groups is 1. The maximum absolute atomic E-state index is 5.78. The highest BCUT2D eigenvalue weighted by Gasteiger charge is 2.39. The SMILES string of the molecule is Cn1ccnc1C(NN)C1CCCCC1(C)C. The van der Waals surface area contributed by atoms with Crippen molar-refractivity contribution >= 4 is 0 Å². The van der Waals surface area contributed by atoms with E-state index in [0.29, 0.717) is 11.3 Å². The molecule has 1 aromatic rings. The van der Waals surface area contributed by atoms with Crippen molar-refractivity contribution in [1.82, 2.24) is 15.0 Å². The Labute approximate surface area is 104 Å². The summed E-state index contributed by atoms with van der Waals surface area (Å²) in [5, 5.41) is 0. The standard InChI is InChI=1S/C13H24N4/c1-13(2)7-5-4-6-10(13)11(16-14)12-15-8-9-17(12)3/h8-11,16H,4-7,14H2,1-3H3. The average Bonchev–Trinajstić information content (AvgIpc) is 2.68. The van der Waals surface area contributed by atoms with E-state index in [1.54, 1.807) is 0 Å². The first-order valence-corrected chi connectivity index (χ1v) is 6.49. The van der Waals surface area contributed by atoms with Gasteiger partial charge in [-0.15, -0.1) is 0 Å². The zero-order valence-electron chi connectivity index (χ0n) is 11.1. The molecule has 4 heteroatoms. The van der Waals surface area contributed by atoms with E-state index in [2.05, 4.69) is 28.8 Å². The van der Waals surface area contributed by atoms with Crippen molar-refractivity contribution in [3.05, 3.63) is 18.2 Å². The van der Waals surface area contributed by atoms with Crippen LogP contribution in [0.5, 0.6) is 0 Å². The first-order valence-electron chi connectivity index (χ1n) is 6.49. The smallest absolute Gasteiger partial charge is 0.127 e. The zero-order chi connectivity index (χ0) is 12.5. The van der Waals surface area contributed by atoms with E-state index in [0.717, 1.165) is 5.82 Å². The van der Waals surface area contributed by atoms with Gasteiger partial charge in [0.2, 0.25) is 0 Å². The predicted octanol–water partition coefficient (Wildman–Crippen LogP) is 2.14. The molecule has 0 saturated heterocycles. The lowest BCUT2D eigenvalue weighted by Gasteiger charge is -2.42. The second-order valence-electron chi connectivity index (χ2n) is 5.88. The summed E-state index contributed by atoms with van der Waals surface area (Å²) in [6.45, 7) is 4.70. The van der Waals surface area contributed by atoms with Crippen molar-refractivity contribution in [2.75, 3.05) is 0 Å². The summed E-state index contributed by atoms with van der Waals surface area (Å²) in [6.07, 6.45) is 8.97. The topological polar surface area (TPSA) is 55.9 Å². The van der Waals surface area contributed by atoms with E-state index in [1.807, 2.05) is 19.4 Å². The van der Waals surface area contributed by atoms with E-state index < -0.39 is 0 Å². The second-order valence-corrected chi connectivity index (χ2v) is 5.88. The molecule has 0 aromatic carbocycles. The number of nitrogens with two attached hydrogens (primary N) is 1. The molecule has 0 amide bonds. The normalized spacial score (nSPS) is 25.8. The van der Waals surface area contributed by atoms with E-state index in [-0.39, 0.29) is 6.04 Å². The monoisotopic (exact) mass is 236 g/mol. The highest BCUT2D eigenvalue weighted by Crippen LogP contribution is 2.46. The van der Waals surface area contributed by atoms with E-state index >= 15 is 0 Å². The van der Waals surface area contributed by atoms with Gasteiger partial charge in [-0.25, -0.2) is 10.4 Å². The molecule has 2 unspecified atom stereocenters. The Kier molecular flexibility index (Phi) is 3.54. The number of hydrogen-bond acceptors (Lipinski definition) is 3. The van der Waals surface area contributed by atoms with Crippen LogP contribution in [0.1, 0.15) is 51.4 Å². The number of rotatable bonds is 3. The molecule has 2 atom stereocenters. The predicted molar refractivity (Wildman–Crippen MR) is 69.0 cm³/mol. The zero-order valence-corrected chi connectivity index (χ0v) is 11.1. The van der Waals surface area contributed by atoms with Gasteiger partial charge < -0.3 is 4.57 Å². The minimum Gasteiger partial charge on any atom is -0.337 e. The van der Waals surface area contributed by atoms with Crippen LogP contribution in [-0.4, -0.2) is 9.55 Å². The van der Waals surface area contributed by atoms with Gasteiger partial charge in [0.1, 0.15) is 5.82 Å². The van der Waals surface area contributed by atoms with Gasteiger partial charge in [-0.3, -0.25) is 5.84 Å². The van der Waals surface area contributed by atoms with E-state index in [4.69, 9.17) is 5.84 Å². The third kappa shape index (κ3) is 2.38. The van der Waals surface area contributed by atoms with Crippen molar-refractivity contribution in [2.24, 2.45) is 24.2 Å². The van der Waals surface area contributed by atoms with Gasteiger partial charge in [-0.05, 0) is 24.2 Å². The van der Waals surface area contributed by atoms with Crippen LogP contribution in [0.3, 0.4) is 0 Å². The number of hydrogen-bond donors (Lipinski definition) is 2. The Morgan fingerprint density at radius 3 is 2.82 bits per heavy atom. The molecule has 1 aromatic heterocycles. The lowest BCUT2D eigenvalue weighted by molar-refractivity contribution is 0.0939. The highest BCUT2D eigenvalue weighted by molar-refractivity contribution is 5.04. The Bertz CT molecular complexity index is 369. The van der Waals surface area contributed by atoms with Gasteiger partial charge in [0.05, 0.1) is 6.04 Å². The molecule has 96 valence electrons. The Morgan fingerprint density at radius 2 is 2.29 bits per heavy atom. The second kappa shape index (κ2) is 4.78. The van der Waals surface area contributed by atoms with Crippen molar-refractivity contribution in [1.29, 1.82) is 0 Å². The van der Waals surface area contributed by atoms with Gasteiger partial charge in [0, 0.05) is 19.4 Å². The molecule has 1 aliphatic carbocycles. The van der Waals surface area contributed by atoms with Crippen molar-refractivity contribution in [2.45, 2.75) is 45.6 Å². The van der Waals surface area contributed by atoms with Crippen LogP contribution in [0.15, 0.2) is 12.4 Å². The molecule has 1 saturated carbocycles. The lowest BCUT2D eigenvalue weighted by Crippen LogP contribution is -2.42. The minimum atomic E-state index is 0.158. The first-order chi connectivity index (χ1) is 8.06. The highest BCUT2D eigenvalue weighted by atomic mass is 15.3. The van der Waals surface area contributed by atoms with Crippen LogP contribution in [0.25, 0.3) is 0 Å². The molecule has 1 fully saturated rings. The Morgan fingerprint density at radius 1 is 1.53 bits per heavy atom. The van der Waals surface area contributed by atoms with E-state index in [9.17, 15) is 0 Å². The Balaban J connectivity index is 2.26. The van der Waals surface area contributed by atoms with Gasteiger partial charge in [-0.2, -0.15) is 0 Å². The molecule has 4 nitrogen and oxygen atoms in total. The number of aryl methyl sites for hydroxylation is 1. The summed E-state index contributed by atoms with van der Waals surface area (Å²) >= 11 is 0. The molecular weight excluding hydrogens is 212 g/mol. The van der Waals surface area contributed by atoms with Crippen molar-refractivity contribution in [3.63, 3.8) is 0 Å². The van der Waals surface area contributed by atoms with Crippen LogP contribution in [0.2, 0.25) is 0 Å². The molecule has 1 aliphatic rings. The van der Waals surface area contributed by atoms with Crippen LogP contribution >= 0.6 is 0 Å². The van der Waals surface area contributed by atoms with Crippen LogP contribution < -0.4 is 11.3 Å². The third-order valence-corrected chi connectivity index (χ3v) is 4.31. The fraction of sp³-hybridized carbons (Fsp3) is 0.769. The van der Waals surface area contributed by atoms with Gasteiger partial charge in [0.25, 0.3) is 0 Å². The molecule has 2 rings (SSSR count). The molecular formula is C13H24N4. The maximum atomic E-state index is 5.78. The number of imidazole rings is 1. The maximum Gasteiger partial charge on any atom is 0.127 e. The molecule has 3 N–H and O–H groups in total. The quantitative estimate of drug-likeness (QED) is 0.624. The molecule has 17 heavy (non-hydrogen) atoms. The summed E-state index contributed by atoms with van der Waals surface area (Å²) in [5.41, 5.74) is 3.32. The summed E-state index contributed by atoms with van der Waals surface area (Å²) in [6, 6.07) is 0.158.